The van der Waals surface area contributed by atoms with Gasteiger partial charge in [0.15, 0.2) is 11.5 Å². The Balaban J connectivity index is 1.74. The minimum Gasteiger partial charge on any atom is -0.493 e. The fraction of sp³-hybridized carbons (Fsp3) is 0.391. The number of methoxy groups -OCH3 is 2. The van der Waals surface area contributed by atoms with Gasteiger partial charge in [0.25, 0.3) is 11.8 Å². The fourth-order valence-corrected chi connectivity index (χ4v) is 3.42. The molecule has 0 unspecified atom stereocenters. The summed E-state index contributed by atoms with van der Waals surface area (Å²) in [5.41, 5.74) is 3.03. The van der Waals surface area contributed by atoms with Crippen molar-refractivity contribution in [2.24, 2.45) is 0 Å². The highest BCUT2D eigenvalue weighted by molar-refractivity contribution is 5.98. The van der Waals surface area contributed by atoms with E-state index >= 15 is 0 Å². The lowest BCUT2D eigenvalue weighted by Crippen LogP contribution is -2.40. The van der Waals surface area contributed by atoms with Gasteiger partial charge in [-0.15, -0.1) is 0 Å². The van der Waals surface area contributed by atoms with Crippen molar-refractivity contribution in [1.82, 2.24) is 10.2 Å². The van der Waals surface area contributed by atoms with E-state index in [4.69, 9.17) is 9.47 Å². The van der Waals surface area contributed by atoms with Crippen molar-refractivity contribution >= 4 is 11.8 Å². The summed E-state index contributed by atoms with van der Waals surface area (Å²) in [6.07, 6.45) is 0.757. The second kappa shape index (κ2) is 8.15. The van der Waals surface area contributed by atoms with E-state index in [1.165, 1.54) is 5.56 Å². The first-order chi connectivity index (χ1) is 13.7. The predicted octanol–water partition coefficient (Wildman–Crippen LogP) is 3.43. The van der Waals surface area contributed by atoms with E-state index in [1.54, 1.807) is 38.5 Å². The number of benzene rings is 2. The highest BCUT2D eigenvalue weighted by Crippen LogP contribution is 2.33. The highest BCUT2D eigenvalue weighted by Gasteiger charge is 2.24. The maximum Gasteiger partial charge on any atom is 0.254 e. The number of hydrogen-bond donors (Lipinski definition) is 1. The molecule has 6 heteroatoms. The molecule has 2 aromatic rings. The number of hydrogen-bond acceptors (Lipinski definition) is 4. The Bertz CT molecular complexity index is 914. The van der Waals surface area contributed by atoms with Gasteiger partial charge in [-0.3, -0.25) is 9.59 Å². The zero-order chi connectivity index (χ0) is 21.2. The van der Waals surface area contributed by atoms with E-state index in [1.807, 2.05) is 37.8 Å². The van der Waals surface area contributed by atoms with Crippen molar-refractivity contribution in [2.45, 2.75) is 39.3 Å². The molecule has 0 radical (unpaired) electrons. The quantitative estimate of drug-likeness (QED) is 0.860. The van der Waals surface area contributed by atoms with Gasteiger partial charge >= 0.3 is 0 Å². The summed E-state index contributed by atoms with van der Waals surface area (Å²) in [5, 5.41) is 2.92. The molecule has 0 atom stereocenters. The minimum absolute atomic E-state index is 0.0479. The summed E-state index contributed by atoms with van der Waals surface area (Å²) >= 11 is 0. The monoisotopic (exact) mass is 396 g/mol. The molecular formula is C23H28N2O4. The normalized spacial score (nSPS) is 13.5. The highest BCUT2D eigenvalue weighted by atomic mass is 16.5. The Labute approximate surface area is 171 Å². The summed E-state index contributed by atoms with van der Waals surface area (Å²) in [6.45, 7) is 6.94. The molecule has 6 nitrogen and oxygen atoms in total. The maximum absolute atomic E-state index is 13.0. The van der Waals surface area contributed by atoms with Crippen LogP contribution in [0.3, 0.4) is 0 Å². The molecule has 0 saturated heterocycles. The van der Waals surface area contributed by atoms with Crippen LogP contribution in [0.5, 0.6) is 11.5 Å². The van der Waals surface area contributed by atoms with Gasteiger partial charge in [0.1, 0.15) is 0 Å². The van der Waals surface area contributed by atoms with E-state index in [0.29, 0.717) is 35.7 Å². The molecule has 0 saturated carbocycles. The topological polar surface area (TPSA) is 67.9 Å². The first-order valence-electron chi connectivity index (χ1n) is 9.67. The average molecular weight is 396 g/mol. The molecule has 154 valence electrons. The first kappa shape index (κ1) is 20.7. The van der Waals surface area contributed by atoms with E-state index in [0.717, 1.165) is 12.0 Å². The van der Waals surface area contributed by atoms with Crippen molar-refractivity contribution in [3.63, 3.8) is 0 Å². The number of nitrogens with one attached hydrogen (secondary N) is 1. The smallest absolute Gasteiger partial charge is 0.254 e. The lowest BCUT2D eigenvalue weighted by molar-refractivity contribution is 0.0733. The van der Waals surface area contributed by atoms with Crippen LogP contribution in [0.2, 0.25) is 0 Å². The molecule has 0 aliphatic carbocycles. The third-order valence-corrected chi connectivity index (χ3v) is 4.89. The second-order valence-corrected chi connectivity index (χ2v) is 8.23. The number of amides is 2. The van der Waals surface area contributed by atoms with Crippen LogP contribution in [-0.2, 0) is 13.0 Å². The molecule has 0 aromatic heterocycles. The summed E-state index contributed by atoms with van der Waals surface area (Å²) in [7, 11) is 3.22. The first-order valence-corrected chi connectivity index (χ1v) is 9.67. The largest absolute Gasteiger partial charge is 0.493 e. The van der Waals surface area contributed by atoms with Crippen LogP contribution in [0.15, 0.2) is 36.4 Å². The number of nitrogens with zero attached hydrogens (tertiary/aromatic N) is 1. The third kappa shape index (κ3) is 4.70. The fourth-order valence-electron chi connectivity index (χ4n) is 3.42. The van der Waals surface area contributed by atoms with Crippen molar-refractivity contribution in [3.05, 3.63) is 58.7 Å². The molecule has 0 bridgehead atoms. The summed E-state index contributed by atoms with van der Waals surface area (Å²) in [4.78, 5) is 27.0. The SMILES string of the molecule is COc1cc2c(cc1OC)CN(C(=O)c1ccc(C(=O)NC(C)(C)C)cc1)CC2. The molecule has 0 spiro atoms. The Morgan fingerprint density at radius 2 is 1.48 bits per heavy atom. The maximum atomic E-state index is 13.0. The van der Waals surface area contributed by atoms with Gasteiger partial charge in [0.05, 0.1) is 14.2 Å². The van der Waals surface area contributed by atoms with E-state index < -0.39 is 0 Å². The molecule has 2 aromatic carbocycles. The lowest BCUT2D eigenvalue weighted by Gasteiger charge is -2.29. The van der Waals surface area contributed by atoms with Gasteiger partial charge in [-0.25, -0.2) is 0 Å². The van der Waals surface area contributed by atoms with E-state index in [2.05, 4.69) is 5.32 Å². The predicted molar refractivity (Wildman–Crippen MR) is 112 cm³/mol. The Kier molecular flexibility index (Phi) is 5.82. The van der Waals surface area contributed by atoms with Gasteiger partial charge in [-0.1, -0.05) is 0 Å². The summed E-state index contributed by atoms with van der Waals surface area (Å²) < 4.78 is 10.8. The summed E-state index contributed by atoms with van der Waals surface area (Å²) in [6, 6.07) is 10.7. The van der Waals surface area contributed by atoms with Gasteiger partial charge in [-0.2, -0.15) is 0 Å². The van der Waals surface area contributed by atoms with Gasteiger partial charge < -0.3 is 19.7 Å². The number of rotatable bonds is 4. The Morgan fingerprint density at radius 1 is 0.931 bits per heavy atom. The number of carbonyl (C=O) groups is 2. The van der Waals surface area contributed by atoms with Crippen molar-refractivity contribution < 1.29 is 19.1 Å². The third-order valence-electron chi connectivity index (χ3n) is 4.89. The van der Waals surface area contributed by atoms with Gasteiger partial charge in [0.2, 0.25) is 0 Å². The molecule has 2 amide bonds. The van der Waals surface area contributed by atoms with Gasteiger partial charge in [0, 0.05) is 29.8 Å². The molecule has 29 heavy (non-hydrogen) atoms. The number of fused-ring (bicyclic) bond motifs is 1. The zero-order valence-electron chi connectivity index (χ0n) is 17.7. The number of carbonyl (C=O) groups excluding carboxylic acids is 2. The molecular weight excluding hydrogens is 368 g/mol. The van der Waals surface area contributed by atoms with E-state index in [9.17, 15) is 9.59 Å². The van der Waals surface area contributed by atoms with Crippen molar-refractivity contribution in [3.8, 4) is 11.5 Å². The van der Waals surface area contributed by atoms with Gasteiger partial charge in [-0.05, 0) is 74.7 Å². The summed E-state index contributed by atoms with van der Waals surface area (Å²) in [5.74, 6) is 1.17. The molecule has 1 aliphatic rings. The molecule has 1 N–H and O–H groups in total. The molecule has 1 aliphatic heterocycles. The van der Waals surface area contributed by atoms with Crippen LogP contribution in [0.1, 0.15) is 52.6 Å². The van der Waals surface area contributed by atoms with Crippen LogP contribution in [0.25, 0.3) is 0 Å². The molecule has 1 heterocycles. The van der Waals surface area contributed by atoms with Crippen LogP contribution >= 0.6 is 0 Å². The van der Waals surface area contributed by atoms with Crippen LogP contribution in [0.4, 0.5) is 0 Å². The average Bonchev–Trinajstić information content (AvgIpc) is 2.70. The number of ether oxygens (including phenoxy) is 2. The molecule has 0 fully saturated rings. The minimum atomic E-state index is -0.309. The van der Waals surface area contributed by atoms with Crippen LogP contribution in [-0.4, -0.2) is 43.0 Å². The molecule has 3 rings (SSSR count). The van der Waals surface area contributed by atoms with Crippen LogP contribution < -0.4 is 14.8 Å². The lowest BCUT2D eigenvalue weighted by atomic mass is 9.98. The standard InChI is InChI=1S/C23H28N2O4/c1-23(2,3)24-21(26)15-6-8-16(9-7-15)22(27)25-11-10-17-12-19(28-4)20(29-5)13-18(17)14-25/h6-9,12-13H,10-11,14H2,1-5H3,(H,24,26). The Hall–Kier alpha value is -3.02. The van der Waals surface area contributed by atoms with Crippen molar-refractivity contribution in [1.29, 1.82) is 0 Å². The zero-order valence-corrected chi connectivity index (χ0v) is 17.7. The second-order valence-electron chi connectivity index (χ2n) is 8.23. The van der Waals surface area contributed by atoms with E-state index in [-0.39, 0.29) is 17.4 Å². The Morgan fingerprint density at radius 3 is 2.03 bits per heavy atom. The van der Waals surface area contributed by atoms with Crippen LogP contribution in [0, 0.1) is 0 Å². The van der Waals surface area contributed by atoms with Crippen molar-refractivity contribution in [2.75, 3.05) is 20.8 Å².